The van der Waals surface area contributed by atoms with Gasteiger partial charge in [0.05, 0.1) is 17.1 Å². The lowest BCUT2D eigenvalue weighted by Gasteiger charge is -2.19. The fraction of sp³-hybridized carbons (Fsp3) is 0.321. The first-order chi connectivity index (χ1) is 20.5. The third-order valence-corrected chi connectivity index (χ3v) is 6.30. The molecule has 0 saturated carbocycles. The molecule has 3 amide bonds. The number of aliphatic hydroxyl groups is 1. The number of aromatic carboxylic acids is 1. The van der Waals surface area contributed by atoms with Crippen molar-refractivity contribution in [3.63, 3.8) is 0 Å². The molecule has 4 heterocycles. The maximum atomic E-state index is 13.0. The standard InChI is InChI=1S/C28H35N9O7/c1-28(2,3)44-27(43)31-17-9-19(35(5)13-17)24(39)33-21-14-37(7)22(32-21)25(40)30-15-8-18(34(4)11-15)23(38)29-16-10-20(26(41)42)36(6)12-16/h8-14,25,30,40H,1-7H3,(H,29,38)(H,31,43)(H,33,39)(H,41,42). The molecular weight excluding hydrogens is 574 g/mol. The number of aryl methyl sites for hydroxylation is 4. The van der Waals surface area contributed by atoms with Crippen molar-refractivity contribution >= 4 is 46.8 Å². The van der Waals surface area contributed by atoms with Gasteiger partial charge in [0.1, 0.15) is 22.7 Å². The molecule has 0 saturated heterocycles. The first-order valence-electron chi connectivity index (χ1n) is 13.3. The molecule has 4 aromatic heterocycles. The van der Waals surface area contributed by atoms with Crippen LogP contribution in [0.1, 0.15) is 64.3 Å². The van der Waals surface area contributed by atoms with Crippen molar-refractivity contribution < 1.29 is 34.1 Å². The second-order valence-corrected chi connectivity index (χ2v) is 11.2. The van der Waals surface area contributed by atoms with Gasteiger partial charge in [-0.15, -0.1) is 0 Å². The van der Waals surface area contributed by atoms with E-state index in [0.717, 1.165) is 0 Å². The average molecular weight is 610 g/mol. The van der Waals surface area contributed by atoms with Crippen LogP contribution in [0.5, 0.6) is 0 Å². The van der Waals surface area contributed by atoms with Crippen LogP contribution in [0.25, 0.3) is 0 Å². The number of aromatic nitrogens is 5. The summed E-state index contributed by atoms with van der Waals surface area (Å²) < 4.78 is 11.2. The van der Waals surface area contributed by atoms with E-state index in [9.17, 15) is 29.4 Å². The van der Waals surface area contributed by atoms with E-state index in [-0.39, 0.29) is 28.7 Å². The zero-order valence-corrected chi connectivity index (χ0v) is 25.3. The van der Waals surface area contributed by atoms with E-state index in [2.05, 4.69) is 26.3 Å². The largest absolute Gasteiger partial charge is 0.477 e. The summed E-state index contributed by atoms with van der Waals surface area (Å²) >= 11 is 0. The lowest BCUT2D eigenvalue weighted by molar-refractivity contribution is 0.0633. The van der Waals surface area contributed by atoms with Crippen LogP contribution < -0.4 is 21.3 Å². The fourth-order valence-corrected chi connectivity index (χ4v) is 4.39. The summed E-state index contributed by atoms with van der Waals surface area (Å²) in [6, 6.07) is 4.36. The number of imidazole rings is 1. The summed E-state index contributed by atoms with van der Waals surface area (Å²) in [5.74, 6) is -1.74. The van der Waals surface area contributed by atoms with Crippen LogP contribution in [-0.2, 0) is 32.9 Å². The number of aliphatic hydroxyl groups excluding tert-OH is 1. The van der Waals surface area contributed by atoms with Crippen molar-refractivity contribution in [2.45, 2.75) is 32.6 Å². The van der Waals surface area contributed by atoms with Crippen LogP contribution in [0.3, 0.4) is 0 Å². The Kier molecular flexibility index (Phi) is 8.57. The van der Waals surface area contributed by atoms with E-state index in [1.807, 2.05) is 0 Å². The molecule has 0 spiro atoms. The molecule has 4 rings (SSSR count). The highest BCUT2D eigenvalue weighted by Crippen LogP contribution is 2.23. The van der Waals surface area contributed by atoms with E-state index < -0.39 is 35.7 Å². The predicted molar refractivity (Wildman–Crippen MR) is 161 cm³/mol. The molecule has 44 heavy (non-hydrogen) atoms. The molecule has 1 atom stereocenters. The highest BCUT2D eigenvalue weighted by molar-refractivity contribution is 6.05. The quantitative estimate of drug-likeness (QED) is 0.154. The van der Waals surface area contributed by atoms with E-state index in [1.54, 1.807) is 65.9 Å². The molecule has 0 radical (unpaired) electrons. The first kappa shape index (κ1) is 31.4. The lowest BCUT2D eigenvalue weighted by Crippen LogP contribution is -2.27. The average Bonchev–Trinajstić information content (AvgIpc) is 3.64. The molecule has 0 fully saturated rings. The minimum Gasteiger partial charge on any atom is -0.477 e. The summed E-state index contributed by atoms with van der Waals surface area (Å²) in [5, 5.41) is 30.9. The SMILES string of the molecule is Cn1cc(NC(=O)c2cc(NC(O)c3nc(NC(=O)c4cc(NC(=O)OC(C)(C)C)cn4C)cn3C)cn2C)cc1C(=O)O. The zero-order chi connectivity index (χ0) is 32.5. The van der Waals surface area contributed by atoms with Crippen molar-refractivity contribution in [1.29, 1.82) is 0 Å². The van der Waals surface area contributed by atoms with Gasteiger partial charge in [-0.2, -0.15) is 0 Å². The van der Waals surface area contributed by atoms with Gasteiger partial charge >= 0.3 is 12.1 Å². The van der Waals surface area contributed by atoms with Gasteiger partial charge in [0.25, 0.3) is 11.8 Å². The third-order valence-electron chi connectivity index (χ3n) is 6.30. The Balaban J connectivity index is 1.40. The topological polar surface area (TPSA) is 199 Å². The summed E-state index contributed by atoms with van der Waals surface area (Å²) in [7, 11) is 6.49. The normalized spacial score (nSPS) is 12.0. The molecule has 16 heteroatoms. The van der Waals surface area contributed by atoms with Gasteiger partial charge in [-0.05, 0) is 39.0 Å². The van der Waals surface area contributed by atoms with Gasteiger partial charge in [-0.25, -0.2) is 14.6 Å². The molecule has 0 aliphatic carbocycles. The number of hydrogen-bond donors (Lipinski definition) is 6. The maximum Gasteiger partial charge on any atom is 0.412 e. The molecule has 0 aliphatic rings. The van der Waals surface area contributed by atoms with Gasteiger partial charge in [0.15, 0.2) is 17.9 Å². The van der Waals surface area contributed by atoms with Crippen LogP contribution in [0.15, 0.2) is 43.0 Å². The summed E-state index contributed by atoms with van der Waals surface area (Å²) in [4.78, 5) is 53.5. The Hall–Kier alpha value is -5.51. The van der Waals surface area contributed by atoms with Gasteiger partial charge in [-0.3, -0.25) is 14.9 Å². The predicted octanol–water partition coefficient (Wildman–Crippen LogP) is 3.09. The lowest BCUT2D eigenvalue weighted by atomic mass is 10.2. The van der Waals surface area contributed by atoms with Gasteiger partial charge in [0, 0.05) is 53.0 Å². The zero-order valence-electron chi connectivity index (χ0n) is 25.3. The molecule has 16 nitrogen and oxygen atoms in total. The molecule has 6 N–H and O–H groups in total. The van der Waals surface area contributed by atoms with E-state index in [4.69, 9.17) is 4.74 Å². The van der Waals surface area contributed by atoms with Crippen LogP contribution in [-0.4, -0.2) is 62.9 Å². The van der Waals surface area contributed by atoms with Gasteiger partial charge < -0.3 is 49.2 Å². The van der Waals surface area contributed by atoms with Crippen molar-refractivity contribution in [2.24, 2.45) is 28.2 Å². The maximum absolute atomic E-state index is 13.0. The first-order valence-corrected chi connectivity index (χ1v) is 13.3. The van der Waals surface area contributed by atoms with Crippen LogP contribution in [0.2, 0.25) is 0 Å². The van der Waals surface area contributed by atoms with Crippen molar-refractivity contribution in [2.75, 3.05) is 21.3 Å². The second-order valence-electron chi connectivity index (χ2n) is 11.2. The number of hydrogen-bond acceptors (Lipinski definition) is 8. The number of amides is 3. The number of carbonyl (C=O) groups excluding carboxylic acids is 3. The van der Waals surface area contributed by atoms with Gasteiger partial charge in [0.2, 0.25) is 0 Å². The monoisotopic (exact) mass is 609 g/mol. The summed E-state index contributed by atoms with van der Waals surface area (Å²) in [5.41, 5.74) is 0.934. The number of rotatable bonds is 9. The Morgan fingerprint density at radius 3 is 1.82 bits per heavy atom. The van der Waals surface area contributed by atoms with Crippen molar-refractivity contribution in [3.05, 3.63) is 65.9 Å². The Morgan fingerprint density at radius 2 is 1.25 bits per heavy atom. The van der Waals surface area contributed by atoms with Crippen LogP contribution in [0.4, 0.5) is 27.7 Å². The van der Waals surface area contributed by atoms with Crippen molar-refractivity contribution in [1.82, 2.24) is 23.3 Å². The second kappa shape index (κ2) is 12.0. The molecule has 0 aromatic carbocycles. The number of anilines is 4. The summed E-state index contributed by atoms with van der Waals surface area (Å²) in [6.07, 6.45) is 4.21. The molecule has 4 aromatic rings. The van der Waals surface area contributed by atoms with E-state index in [0.29, 0.717) is 17.1 Å². The number of nitrogens with one attached hydrogen (secondary N) is 4. The molecule has 234 valence electrons. The highest BCUT2D eigenvalue weighted by Gasteiger charge is 2.22. The number of carboxylic acids is 1. The summed E-state index contributed by atoms with van der Waals surface area (Å²) in [6.45, 7) is 5.23. The smallest absolute Gasteiger partial charge is 0.412 e. The van der Waals surface area contributed by atoms with E-state index >= 15 is 0 Å². The third kappa shape index (κ3) is 7.27. The number of ether oxygens (including phenoxy) is 1. The Morgan fingerprint density at radius 1 is 0.750 bits per heavy atom. The number of carbonyl (C=O) groups is 4. The minimum atomic E-state index is -1.31. The number of carboxylic acid groups (broad SMARTS) is 1. The minimum absolute atomic E-state index is 0.0203. The fourth-order valence-electron chi connectivity index (χ4n) is 4.39. The van der Waals surface area contributed by atoms with Crippen molar-refractivity contribution in [3.8, 4) is 0 Å². The molecular formula is C28H35N9O7. The Bertz CT molecular complexity index is 1740. The van der Waals surface area contributed by atoms with E-state index in [1.165, 1.54) is 44.3 Å². The number of nitrogens with zero attached hydrogens (tertiary/aromatic N) is 5. The molecule has 0 bridgehead atoms. The molecule has 1 unspecified atom stereocenters. The van der Waals surface area contributed by atoms with Crippen LogP contribution in [0, 0.1) is 0 Å². The molecule has 0 aliphatic heterocycles. The highest BCUT2D eigenvalue weighted by atomic mass is 16.6. The Labute approximate surface area is 252 Å². The van der Waals surface area contributed by atoms with Gasteiger partial charge in [-0.1, -0.05) is 0 Å². The van der Waals surface area contributed by atoms with Crippen LogP contribution >= 0.6 is 0 Å².